The van der Waals surface area contributed by atoms with Crippen LogP contribution in [-0.4, -0.2) is 27.7 Å². The molecular formula is C23H27N3O2. The molecule has 1 unspecified atom stereocenters. The minimum atomic E-state index is -0.600. The molecule has 0 fully saturated rings. The van der Waals surface area contributed by atoms with Gasteiger partial charge in [0.25, 0.3) is 0 Å². The summed E-state index contributed by atoms with van der Waals surface area (Å²) >= 11 is 0. The van der Waals surface area contributed by atoms with Crippen molar-refractivity contribution in [3.05, 3.63) is 71.5 Å². The molecule has 5 heteroatoms. The average Bonchev–Trinajstić information content (AvgIpc) is 2.69. The predicted molar refractivity (Wildman–Crippen MR) is 113 cm³/mol. The number of benzene rings is 2. The van der Waals surface area contributed by atoms with Crippen LogP contribution in [-0.2, 0) is 0 Å². The van der Waals surface area contributed by atoms with Crippen molar-refractivity contribution >= 4 is 5.82 Å². The van der Waals surface area contributed by atoms with Gasteiger partial charge in [0.2, 0.25) is 0 Å². The highest BCUT2D eigenvalue weighted by molar-refractivity contribution is 5.66. The molecule has 0 amide bonds. The monoisotopic (exact) mass is 377 g/mol. The number of aliphatic hydroxyl groups excluding tert-OH is 1. The van der Waals surface area contributed by atoms with E-state index in [1.807, 2.05) is 64.1 Å². The molecule has 0 aliphatic heterocycles. The third kappa shape index (κ3) is 4.87. The predicted octanol–water partition coefficient (Wildman–Crippen LogP) is 4.69. The molecule has 1 atom stereocenters. The molecule has 5 nitrogen and oxygen atoms in total. The van der Waals surface area contributed by atoms with Gasteiger partial charge in [-0.05, 0) is 56.5 Å². The summed E-state index contributed by atoms with van der Waals surface area (Å²) in [5.74, 6) is 1.61. The van der Waals surface area contributed by atoms with Gasteiger partial charge in [0.1, 0.15) is 17.9 Å². The molecule has 1 aromatic heterocycles. The lowest BCUT2D eigenvalue weighted by Gasteiger charge is -2.17. The molecule has 1 heterocycles. The summed E-state index contributed by atoms with van der Waals surface area (Å²) in [5, 5.41) is 13.5. The quantitative estimate of drug-likeness (QED) is 0.625. The topological polar surface area (TPSA) is 67.3 Å². The fourth-order valence-electron chi connectivity index (χ4n) is 3.13. The van der Waals surface area contributed by atoms with Gasteiger partial charge in [0.15, 0.2) is 0 Å². The molecule has 0 radical (unpaired) electrons. The number of ether oxygens (including phenoxy) is 1. The molecule has 0 aliphatic carbocycles. The summed E-state index contributed by atoms with van der Waals surface area (Å²) in [5.41, 5.74) is 4.87. The molecule has 0 saturated heterocycles. The Labute approximate surface area is 166 Å². The zero-order valence-electron chi connectivity index (χ0n) is 16.8. The summed E-state index contributed by atoms with van der Waals surface area (Å²) in [6.07, 6.45) is 1.07. The Kier molecular flexibility index (Phi) is 6.26. The molecule has 3 rings (SSSR count). The summed E-state index contributed by atoms with van der Waals surface area (Å²) in [7, 11) is 0. The van der Waals surface area contributed by atoms with Crippen molar-refractivity contribution in [3.63, 3.8) is 0 Å². The number of hydrogen-bond donors (Lipinski definition) is 2. The summed E-state index contributed by atoms with van der Waals surface area (Å²) < 4.78 is 5.92. The van der Waals surface area contributed by atoms with Crippen LogP contribution in [0.3, 0.4) is 0 Å². The van der Waals surface area contributed by atoms with Crippen LogP contribution in [0.15, 0.2) is 54.9 Å². The number of aryl methyl sites for hydroxylation is 2. The molecule has 0 spiro atoms. The number of anilines is 1. The van der Waals surface area contributed by atoms with E-state index >= 15 is 0 Å². The standard InChI is InChI=1S/C23H27N3O2/c1-15(2)28-23-16(3)10-19(11-17(23)4)20-12-22(26-14-25-20)24-13-21(27)18-8-6-5-7-9-18/h5-12,14-15,21,27H,13H2,1-4H3,(H,24,25,26). The van der Waals surface area contributed by atoms with Crippen LogP contribution in [0.4, 0.5) is 5.82 Å². The van der Waals surface area contributed by atoms with Gasteiger partial charge in [-0.2, -0.15) is 0 Å². The third-order valence-electron chi connectivity index (χ3n) is 4.44. The summed E-state index contributed by atoms with van der Waals surface area (Å²) in [6, 6.07) is 15.6. The van der Waals surface area contributed by atoms with Crippen LogP contribution in [0.5, 0.6) is 5.75 Å². The summed E-state index contributed by atoms with van der Waals surface area (Å²) in [4.78, 5) is 8.69. The molecule has 2 aromatic carbocycles. The van der Waals surface area contributed by atoms with Crippen LogP contribution in [0, 0.1) is 13.8 Å². The van der Waals surface area contributed by atoms with E-state index in [0.717, 1.165) is 33.7 Å². The lowest BCUT2D eigenvalue weighted by molar-refractivity contribution is 0.191. The fraction of sp³-hybridized carbons (Fsp3) is 0.304. The van der Waals surface area contributed by atoms with Crippen molar-refractivity contribution in [2.24, 2.45) is 0 Å². The van der Waals surface area contributed by atoms with E-state index in [9.17, 15) is 5.11 Å². The zero-order chi connectivity index (χ0) is 20.1. The summed E-state index contributed by atoms with van der Waals surface area (Å²) in [6.45, 7) is 8.52. The van der Waals surface area contributed by atoms with Crippen LogP contribution < -0.4 is 10.1 Å². The van der Waals surface area contributed by atoms with Crippen LogP contribution >= 0.6 is 0 Å². The number of aliphatic hydroxyl groups is 1. The Balaban J connectivity index is 1.76. The van der Waals surface area contributed by atoms with E-state index in [2.05, 4.69) is 27.4 Å². The molecule has 0 aliphatic rings. The molecule has 0 saturated carbocycles. The number of aromatic nitrogens is 2. The number of nitrogens with one attached hydrogen (secondary N) is 1. The molecule has 28 heavy (non-hydrogen) atoms. The number of nitrogens with zero attached hydrogens (tertiary/aromatic N) is 2. The number of rotatable bonds is 7. The van der Waals surface area contributed by atoms with Gasteiger partial charge in [0.05, 0.1) is 17.9 Å². The van der Waals surface area contributed by atoms with Crippen LogP contribution in [0.1, 0.15) is 36.6 Å². The minimum absolute atomic E-state index is 0.133. The van der Waals surface area contributed by atoms with Crippen molar-refractivity contribution in [2.75, 3.05) is 11.9 Å². The maximum atomic E-state index is 10.3. The first kappa shape index (κ1) is 19.8. The second-order valence-corrected chi connectivity index (χ2v) is 7.20. The van der Waals surface area contributed by atoms with Crippen LogP contribution in [0.25, 0.3) is 11.3 Å². The van der Waals surface area contributed by atoms with Gasteiger partial charge >= 0.3 is 0 Å². The maximum absolute atomic E-state index is 10.3. The first-order valence-electron chi connectivity index (χ1n) is 9.51. The van der Waals surface area contributed by atoms with E-state index in [1.165, 1.54) is 6.33 Å². The molecule has 2 N–H and O–H groups in total. The first-order chi connectivity index (χ1) is 13.4. The highest BCUT2D eigenvalue weighted by Crippen LogP contribution is 2.30. The molecule has 146 valence electrons. The van der Waals surface area contributed by atoms with Gasteiger partial charge in [-0.3, -0.25) is 0 Å². The lowest BCUT2D eigenvalue weighted by atomic mass is 10.0. The Hall–Kier alpha value is -2.92. The van der Waals surface area contributed by atoms with Crippen LogP contribution in [0.2, 0.25) is 0 Å². The third-order valence-corrected chi connectivity index (χ3v) is 4.44. The minimum Gasteiger partial charge on any atom is -0.490 e. The van der Waals surface area contributed by atoms with Crippen molar-refractivity contribution < 1.29 is 9.84 Å². The second kappa shape index (κ2) is 8.85. The molecule has 0 bridgehead atoms. The smallest absolute Gasteiger partial charge is 0.130 e. The fourth-order valence-corrected chi connectivity index (χ4v) is 3.13. The molecule has 3 aromatic rings. The van der Waals surface area contributed by atoms with Crippen molar-refractivity contribution in [1.82, 2.24) is 9.97 Å². The van der Waals surface area contributed by atoms with E-state index in [4.69, 9.17) is 4.74 Å². The van der Waals surface area contributed by atoms with Gasteiger partial charge in [-0.1, -0.05) is 30.3 Å². The Morgan fingerprint density at radius 2 is 1.68 bits per heavy atom. The lowest BCUT2D eigenvalue weighted by Crippen LogP contribution is -2.13. The van der Waals surface area contributed by atoms with Gasteiger partial charge in [0, 0.05) is 18.2 Å². The highest BCUT2D eigenvalue weighted by Gasteiger charge is 2.12. The van der Waals surface area contributed by atoms with Gasteiger partial charge < -0.3 is 15.2 Å². The zero-order valence-corrected chi connectivity index (χ0v) is 16.8. The van der Waals surface area contributed by atoms with Gasteiger partial charge in [-0.15, -0.1) is 0 Å². The van der Waals surface area contributed by atoms with Crippen molar-refractivity contribution in [2.45, 2.75) is 39.9 Å². The Morgan fingerprint density at radius 3 is 2.32 bits per heavy atom. The van der Waals surface area contributed by atoms with E-state index in [-0.39, 0.29) is 6.10 Å². The van der Waals surface area contributed by atoms with Crippen molar-refractivity contribution in [1.29, 1.82) is 0 Å². The second-order valence-electron chi connectivity index (χ2n) is 7.20. The average molecular weight is 377 g/mol. The van der Waals surface area contributed by atoms with E-state index in [1.54, 1.807) is 0 Å². The first-order valence-corrected chi connectivity index (χ1v) is 9.51. The maximum Gasteiger partial charge on any atom is 0.130 e. The van der Waals surface area contributed by atoms with Gasteiger partial charge in [-0.25, -0.2) is 9.97 Å². The van der Waals surface area contributed by atoms with E-state index < -0.39 is 6.10 Å². The Morgan fingerprint density at radius 1 is 1.00 bits per heavy atom. The normalized spacial score (nSPS) is 12.1. The Bertz CT molecular complexity index is 903. The van der Waals surface area contributed by atoms with E-state index in [0.29, 0.717) is 12.4 Å². The largest absolute Gasteiger partial charge is 0.490 e. The SMILES string of the molecule is Cc1cc(-c2cc(NCC(O)c3ccccc3)ncn2)cc(C)c1OC(C)C. The molecular weight excluding hydrogens is 350 g/mol. The highest BCUT2D eigenvalue weighted by atomic mass is 16.5. The number of hydrogen-bond acceptors (Lipinski definition) is 5. The van der Waals surface area contributed by atoms with Crippen molar-refractivity contribution in [3.8, 4) is 17.0 Å².